The van der Waals surface area contributed by atoms with Crippen molar-refractivity contribution in [2.75, 3.05) is 6.61 Å². The summed E-state index contributed by atoms with van der Waals surface area (Å²) in [5.74, 6) is -0.911. The van der Waals surface area contributed by atoms with E-state index in [1.54, 1.807) is 6.92 Å². The van der Waals surface area contributed by atoms with Gasteiger partial charge >= 0.3 is 5.97 Å². The molecule has 0 rings (SSSR count). The Labute approximate surface area is 123 Å². The molecule has 3 atom stereocenters. The molecule has 0 bridgehead atoms. The Morgan fingerprint density at radius 3 is 2.30 bits per heavy atom. The fourth-order valence-corrected chi connectivity index (χ4v) is 2.42. The molecule has 0 aliphatic heterocycles. The van der Waals surface area contributed by atoms with Crippen LogP contribution in [0.4, 0.5) is 0 Å². The highest BCUT2D eigenvalue weighted by molar-refractivity contribution is 5.70. The number of carboxylic acid groups (broad SMARTS) is 1. The van der Waals surface area contributed by atoms with Crippen LogP contribution in [0.1, 0.15) is 67.2 Å². The molecule has 0 saturated heterocycles. The van der Waals surface area contributed by atoms with Crippen molar-refractivity contribution < 1.29 is 19.7 Å². The summed E-state index contributed by atoms with van der Waals surface area (Å²) in [4.78, 5) is 21.7. The zero-order chi connectivity index (χ0) is 15.8. The molecule has 1 N–H and O–H groups in total. The Balaban J connectivity index is 4.06. The summed E-state index contributed by atoms with van der Waals surface area (Å²) in [5, 5.41) is 9.20. The van der Waals surface area contributed by atoms with E-state index in [2.05, 4.69) is 34.6 Å². The molecule has 0 aliphatic rings. The molecule has 120 valence electrons. The minimum Gasteiger partial charge on any atom is -0.481 e. The molecule has 0 aliphatic carbocycles. The Kier molecular flexibility index (Phi) is 9.06. The van der Waals surface area contributed by atoms with E-state index < -0.39 is 18.0 Å². The van der Waals surface area contributed by atoms with Gasteiger partial charge < -0.3 is 5.11 Å². The van der Waals surface area contributed by atoms with Crippen molar-refractivity contribution in [3.05, 3.63) is 0 Å². The standard InChI is InChI=1S/C16H32O4/c1-7-8-9-14(15(17)18)13(3)20-19-11-12(2)10-16(4,5)6/h12-14H,7-11H2,1-6H3,(H,17,18). The van der Waals surface area contributed by atoms with Gasteiger partial charge in [0.2, 0.25) is 0 Å². The molecule has 0 heterocycles. The summed E-state index contributed by atoms with van der Waals surface area (Å²) in [7, 11) is 0. The van der Waals surface area contributed by atoms with E-state index >= 15 is 0 Å². The van der Waals surface area contributed by atoms with Crippen LogP contribution >= 0.6 is 0 Å². The Hall–Kier alpha value is -0.610. The fraction of sp³-hybridized carbons (Fsp3) is 0.938. The molecule has 0 aromatic carbocycles. The molecule has 20 heavy (non-hydrogen) atoms. The Morgan fingerprint density at radius 1 is 1.25 bits per heavy atom. The smallest absolute Gasteiger partial charge is 0.309 e. The molecular weight excluding hydrogens is 256 g/mol. The minimum atomic E-state index is -0.808. The van der Waals surface area contributed by atoms with Gasteiger partial charge in [-0.25, -0.2) is 9.78 Å². The number of carboxylic acids is 1. The third kappa shape index (κ3) is 9.32. The van der Waals surface area contributed by atoms with E-state index in [1.807, 2.05) is 0 Å². The summed E-state index contributed by atoms with van der Waals surface area (Å²) in [6.45, 7) is 13.0. The molecule has 4 heteroatoms. The molecule has 0 aromatic rings. The van der Waals surface area contributed by atoms with Gasteiger partial charge in [-0.15, -0.1) is 0 Å². The average Bonchev–Trinajstić information content (AvgIpc) is 2.26. The highest BCUT2D eigenvalue weighted by Crippen LogP contribution is 2.24. The van der Waals surface area contributed by atoms with Crippen molar-refractivity contribution in [1.82, 2.24) is 0 Å². The number of aliphatic carboxylic acids is 1. The molecule has 0 spiro atoms. The molecule has 3 unspecified atom stereocenters. The molecule has 0 aromatic heterocycles. The quantitative estimate of drug-likeness (QED) is 0.481. The first-order valence-corrected chi connectivity index (χ1v) is 7.68. The summed E-state index contributed by atoms with van der Waals surface area (Å²) in [5.41, 5.74) is 0.263. The minimum absolute atomic E-state index is 0.263. The Morgan fingerprint density at radius 2 is 1.85 bits per heavy atom. The summed E-state index contributed by atoms with van der Waals surface area (Å²) in [6, 6.07) is 0. The molecule has 4 nitrogen and oxygen atoms in total. The van der Waals surface area contributed by atoms with Crippen LogP contribution in [0.15, 0.2) is 0 Å². The third-order valence-corrected chi connectivity index (χ3v) is 3.29. The second-order valence-electron chi connectivity index (χ2n) is 7.04. The van der Waals surface area contributed by atoms with Crippen LogP contribution in [0.25, 0.3) is 0 Å². The molecular formula is C16H32O4. The average molecular weight is 288 g/mol. The molecule has 0 amide bonds. The zero-order valence-electron chi connectivity index (χ0n) is 13.9. The van der Waals surface area contributed by atoms with E-state index in [0.29, 0.717) is 18.9 Å². The zero-order valence-corrected chi connectivity index (χ0v) is 13.9. The van der Waals surface area contributed by atoms with Gasteiger partial charge in [-0.1, -0.05) is 47.5 Å². The predicted molar refractivity (Wildman–Crippen MR) is 80.4 cm³/mol. The maximum Gasteiger partial charge on any atom is 0.309 e. The maximum atomic E-state index is 11.2. The highest BCUT2D eigenvalue weighted by Gasteiger charge is 2.26. The van der Waals surface area contributed by atoms with Gasteiger partial charge in [0.05, 0.1) is 12.5 Å². The third-order valence-electron chi connectivity index (χ3n) is 3.29. The van der Waals surface area contributed by atoms with Crippen molar-refractivity contribution in [3.63, 3.8) is 0 Å². The fourth-order valence-electron chi connectivity index (χ4n) is 2.42. The summed E-state index contributed by atoms with van der Waals surface area (Å²) >= 11 is 0. The van der Waals surface area contributed by atoms with Crippen molar-refractivity contribution in [1.29, 1.82) is 0 Å². The van der Waals surface area contributed by atoms with E-state index in [1.165, 1.54) is 0 Å². The van der Waals surface area contributed by atoms with Crippen molar-refractivity contribution in [2.45, 2.75) is 73.3 Å². The monoisotopic (exact) mass is 288 g/mol. The van der Waals surface area contributed by atoms with E-state index in [-0.39, 0.29) is 5.41 Å². The van der Waals surface area contributed by atoms with Crippen molar-refractivity contribution >= 4 is 5.97 Å². The number of rotatable bonds is 10. The van der Waals surface area contributed by atoms with Gasteiger partial charge in [0.25, 0.3) is 0 Å². The van der Waals surface area contributed by atoms with Gasteiger partial charge in [0, 0.05) is 0 Å². The Bertz CT molecular complexity index is 270. The van der Waals surface area contributed by atoms with Crippen molar-refractivity contribution in [2.24, 2.45) is 17.3 Å². The number of hydrogen-bond acceptors (Lipinski definition) is 3. The number of hydrogen-bond donors (Lipinski definition) is 1. The van der Waals surface area contributed by atoms with Crippen LogP contribution in [-0.2, 0) is 14.6 Å². The number of unbranched alkanes of at least 4 members (excludes halogenated alkanes) is 1. The van der Waals surface area contributed by atoms with Crippen LogP contribution in [0, 0.1) is 17.3 Å². The molecule has 0 saturated carbocycles. The van der Waals surface area contributed by atoms with Gasteiger partial charge in [-0.2, -0.15) is 0 Å². The first kappa shape index (κ1) is 19.4. The van der Waals surface area contributed by atoms with E-state index in [0.717, 1.165) is 19.3 Å². The van der Waals surface area contributed by atoms with Gasteiger partial charge in [-0.3, -0.25) is 4.79 Å². The normalized spacial score (nSPS) is 16.7. The lowest BCUT2D eigenvalue weighted by Gasteiger charge is -2.24. The largest absolute Gasteiger partial charge is 0.481 e. The molecule has 0 radical (unpaired) electrons. The van der Waals surface area contributed by atoms with Crippen LogP contribution < -0.4 is 0 Å². The van der Waals surface area contributed by atoms with E-state index in [9.17, 15) is 9.90 Å². The summed E-state index contributed by atoms with van der Waals surface area (Å²) < 4.78 is 0. The SMILES string of the molecule is CCCCC(C(=O)O)C(C)OOCC(C)CC(C)(C)C. The maximum absolute atomic E-state index is 11.2. The first-order chi connectivity index (χ1) is 9.17. The van der Waals surface area contributed by atoms with Crippen LogP contribution in [0.5, 0.6) is 0 Å². The van der Waals surface area contributed by atoms with Crippen molar-refractivity contribution in [3.8, 4) is 0 Å². The van der Waals surface area contributed by atoms with Gasteiger partial charge in [0.1, 0.15) is 6.10 Å². The first-order valence-electron chi connectivity index (χ1n) is 7.68. The van der Waals surface area contributed by atoms with E-state index in [4.69, 9.17) is 9.78 Å². The lowest BCUT2D eigenvalue weighted by atomic mass is 9.86. The number of carbonyl (C=O) groups is 1. The predicted octanol–water partition coefficient (Wildman–Crippen LogP) is 4.29. The second kappa shape index (κ2) is 9.35. The van der Waals surface area contributed by atoms with Gasteiger partial charge in [-0.05, 0) is 31.1 Å². The van der Waals surface area contributed by atoms with Crippen LogP contribution in [0.3, 0.4) is 0 Å². The molecule has 0 fully saturated rings. The lowest BCUT2D eigenvalue weighted by molar-refractivity contribution is -0.334. The summed E-state index contributed by atoms with van der Waals surface area (Å²) in [6.07, 6.45) is 3.14. The van der Waals surface area contributed by atoms with Gasteiger partial charge in [0.15, 0.2) is 0 Å². The lowest BCUT2D eigenvalue weighted by Crippen LogP contribution is -2.29. The topological polar surface area (TPSA) is 55.8 Å². The highest BCUT2D eigenvalue weighted by atomic mass is 17.2. The van der Waals surface area contributed by atoms with Crippen LogP contribution in [0.2, 0.25) is 0 Å². The van der Waals surface area contributed by atoms with Crippen LogP contribution in [-0.4, -0.2) is 23.8 Å². The second-order valence-corrected chi connectivity index (χ2v) is 7.04.